The van der Waals surface area contributed by atoms with Gasteiger partial charge in [-0.25, -0.2) is 8.78 Å². The largest absolute Gasteiger partial charge is 0.318 e. The van der Waals surface area contributed by atoms with Crippen LogP contribution in [0.1, 0.15) is 6.42 Å². The highest BCUT2D eigenvalue weighted by atomic mass is 19.3. The highest BCUT2D eigenvalue weighted by Crippen LogP contribution is 2.30. The van der Waals surface area contributed by atoms with E-state index in [0.29, 0.717) is 6.54 Å². The molecule has 1 aliphatic heterocycles. The predicted molar refractivity (Wildman–Crippen MR) is 39.9 cm³/mol. The van der Waals surface area contributed by atoms with Crippen LogP contribution < -0.4 is 5.32 Å². The van der Waals surface area contributed by atoms with E-state index in [0.717, 1.165) is 0 Å². The standard InChI is InChI=1S/C7H14F2N2/c1-10-4-6-3-7(8,9)5-11(6)2/h6,10H,3-5H2,1-2H3. The maximum absolute atomic E-state index is 12.7. The van der Waals surface area contributed by atoms with Crippen molar-refractivity contribution in [1.82, 2.24) is 10.2 Å². The van der Waals surface area contributed by atoms with Gasteiger partial charge in [-0.3, -0.25) is 4.90 Å². The van der Waals surface area contributed by atoms with Crippen LogP contribution in [0.4, 0.5) is 8.78 Å². The minimum absolute atomic E-state index is 0.00463. The van der Waals surface area contributed by atoms with Crippen LogP contribution in [0, 0.1) is 0 Å². The van der Waals surface area contributed by atoms with Gasteiger partial charge in [0.25, 0.3) is 5.92 Å². The van der Waals surface area contributed by atoms with Crippen molar-refractivity contribution in [3.8, 4) is 0 Å². The van der Waals surface area contributed by atoms with Gasteiger partial charge in [-0.2, -0.15) is 0 Å². The van der Waals surface area contributed by atoms with Crippen LogP contribution in [0.2, 0.25) is 0 Å². The zero-order chi connectivity index (χ0) is 8.48. The molecule has 0 aliphatic carbocycles. The second-order valence-electron chi connectivity index (χ2n) is 3.19. The summed E-state index contributed by atoms with van der Waals surface area (Å²) >= 11 is 0. The van der Waals surface area contributed by atoms with E-state index >= 15 is 0 Å². The normalized spacial score (nSPS) is 31.1. The molecule has 0 saturated carbocycles. The number of rotatable bonds is 2. The highest BCUT2D eigenvalue weighted by Gasteiger charge is 2.42. The lowest BCUT2D eigenvalue weighted by Crippen LogP contribution is -2.33. The summed E-state index contributed by atoms with van der Waals surface area (Å²) in [5.41, 5.74) is 0. The van der Waals surface area contributed by atoms with Gasteiger partial charge in [0, 0.05) is 19.0 Å². The lowest BCUT2D eigenvalue weighted by molar-refractivity contribution is 0.0140. The zero-order valence-electron chi connectivity index (χ0n) is 6.90. The summed E-state index contributed by atoms with van der Waals surface area (Å²) in [6.45, 7) is 0.547. The van der Waals surface area contributed by atoms with Crippen LogP contribution in [0.25, 0.3) is 0 Å². The van der Waals surface area contributed by atoms with Crippen molar-refractivity contribution >= 4 is 0 Å². The zero-order valence-corrected chi connectivity index (χ0v) is 6.90. The van der Waals surface area contributed by atoms with E-state index < -0.39 is 5.92 Å². The van der Waals surface area contributed by atoms with Crippen molar-refractivity contribution in [2.75, 3.05) is 27.2 Å². The minimum atomic E-state index is -2.48. The molecule has 11 heavy (non-hydrogen) atoms. The lowest BCUT2D eigenvalue weighted by Gasteiger charge is -2.16. The fourth-order valence-electron chi connectivity index (χ4n) is 1.52. The van der Waals surface area contributed by atoms with Crippen molar-refractivity contribution in [1.29, 1.82) is 0 Å². The third-order valence-corrected chi connectivity index (χ3v) is 2.08. The van der Waals surface area contributed by atoms with Gasteiger partial charge in [0.15, 0.2) is 0 Å². The van der Waals surface area contributed by atoms with Crippen LogP contribution in [0.15, 0.2) is 0 Å². The van der Waals surface area contributed by atoms with Crippen LogP contribution in [0.5, 0.6) is 0 Å². The minimum Gasteiger partial charge on any atom is -0.318 e. The molecule has 66 valence electrons. The van der Waals surface area contributed by atoms with E-state index in [4.69, 9.17) is 0 Å². The van der Waals surface area contributed by atoms with Gasteiger partial charge in [0.2, 0.25) is 0 Å². The van der Waals surface area contributed by atoms with Gasteiger partial charge in [0.05, 0.1) is 6.54 Å². The van der Waals surface area contributed by atoms with E-state index in [-0.39, 0.29) is 19.0 Å². The Morgan fingerprint density at radius 1 is 1.64 bits per heavy atom. The molecular weight excluding hydrogens is 150 g/mol. The number of halogens is 2. The smallest absolute Gasteiger partial charge is 0.262 e. The Labute approximate surface area is 65.6 Å². The van der Waals surface area contributed by atoms with E-state index in [2.05, 4.69) is 5.32 Å². The molecule has 4 heteroatoms. The van der Waals surface area contributed by atoms with Gasteiger partial charge < -0.3 is 5.32 Å². The number of alkyl halides is 2. The topological polar surface area (TPSA) is 15.3 Å². The SMILES string of the molecule is CNCC1CC(F)(F)CN1C. The third-order valence-electron chi connectivity index (χ3n) is 2.08. The second-order valence-corrected chi connectivity index (χ2v) is 3.19. The summed E-state index contributed by atoms with van der Waals surface area (Å²) in [6.07, 6.45) is -0.00958. The van der Waals surface area contributed by atoms with Gasteiger partial charge in [-0.1, -0.05) is 0 Å². The van der Waals surface area contributed by atoms with E-state index in [1.165, 1.54) is 0 Å². The van der Waals surface area contributed by atoms with Crippen LogP contribution in [-0.2, 0) is 0 Å². The molecule has 1 atom stereocenters. The average Bonchev–Trinajstić information content (AvgIpc) is 2.07. The van der Waals surface area contributed by atoms with Gasteiger partial charge in [-0.15, -0.1) is 0 Å². The molecule has 1 saturated heterocycles. The summed E-state index contributed by atoms with van der Waals surface area (Å²) in [5.74, 6) is -2.48. The van der Waals surface area contributed by atoms with Crippen LogP contribution >= 0.6 is 0 Å². The van der Waals surface area contributed by atoms with E-state index in [1.807, 2.05) is 0 Å². The monoisotopic (exact) mass is 164 g/mol. The Kier molecular flexibility index (Phi) is 2.44. The number of hydrogen-bond donors (Lipinski definition) is 1. The first-order chi connectivity index (χ1) is 5.05. The lowest BCUT2D eigenvalue weighted by atomic mass is 10.2. The maximum Gasteiger partial charge on any atom is 0.262 e. The number of nitrogens with zero attached hydrogens (tertiary/aromatic N) is 1. The van der Waals surface area contributed by atoms with Crippen LogP contribution in [0.3, 0.4) is 0 Å². The second kappa shape index (κ2) is 3.03. The van der Waals surface area contributed by atoms with Crippen molar-refractivity contribution in [3.63, 3.8) is 0 Å². The van der Waals surface area contributed by atoms with Crippen molar-refractivity contribution in [2.45, 2.75) is 18.4 Å². The summed E-state index contributed by atoms with van der Waals surface area (Å²) < 4.78 is 25.4. The molecule has 0 spiro atoms. The predicted octanol–water partition coefficient (Wildman–Crippen LogP) is 0.545. The summed E-state index contributed by atoms with van der Waals surface area (Å²) in [4.78, 5) is 1.70. The van der Waals surface area contributed by atoms with Crippen molar-refractivity contribution in [2.24, 2.45) is 0 Å². The maximum atomic E-state index is 12.7. The molecule has 0 aromatic heterocycles. The van der Waals surface area contributed by atoms with Crippen molar-refractivity contribution < 1.29 is 8.78 Å². The molecule has 1 aliphatic rings. The molecule has 1 heterocycles. The first-order valence-electron chi connectivity index (χ1n) is 3.78. The Morgan fingerprint density at radius 3 is 2.64 bits per heavy atom. The molecule has 0 aromatic carbocycles. The third kappa shape index (κ3) is 2.10. The number of likely N-dealkylation sites (N-methyl/N-ethyl adjacent to an activating group) is 2. The van der Waals surface area contributed by atoms with E-state index in [1.54, 1.807) is 19.0 Å². The molecule has 0 aromatic rings. The van der Waals surface area contributed by atoms with Gasteiger partial charge in [0.1, 0.15) is 0 Å². The molecule has 2 nitrogen and oxygen atoms in total. The fraction of sp³-hybridized carbons (Fsp3) is 1.00. The Hall–Kier alpha value is -0.220. The van der Waals surface area contributed by atoms with Crippen molar-refractivity contribution in [3.05, 3.63) is 0 Å². The summed E-state index contributed by atoms with van der Waals surface area (Å²) in [6, 6.07) is -0.00463. The first kappa shape index (κ1) is 8.87. The summed E-state index contributed by atoms with van der Waals surface area (Å²) in [7, 11) is 3.52. The Bertz CT molecular complexity index is 138. The Balaban J connectivity index is 2.45. The van der Waals surface area contributed by atoms with Gasteiger partial charge in [-0.05, 0) is 14.1 Å². The van der Waals surface area contributed by atoms with E-state index in [9.17, 15) is 8.78 Å². The fourth-order valence-corrected chi connectivity index (χ4v) is 1.52. The quantitative estimate of drug-likeness (QED) is 0.641. The van der Waals surface area contributed by atoms with Gasteiger partial charge >= 0.3 is 0 Å². The number of likely N-dealkylation sites (tertiary alicyclic amines) is 1. The highest BCUT2D eigenvalue weighted by molar-refractivity contribution is 4.89. The molecule has 1 fully saturated rings. The Morgan fingerprint density at radius 2 is 2.27 bits per heavy atom. The first-order valence-corrected chi connectivity index (χ1v) is 3.78. The summed E-state index contributed by atoms with van der Waals surface area (Å²) in [5, 5.41) is 2.90. The van der Waals surface area contributed by atoms with Crippen LogP contribution in [-0.4, -0.2) is 44.0 Å². The molecule has 0 amide bonds. The molecule has 0 bridgehead atoms. The number of hydrogen-bond acceptors (Lipinski definition) is 2. The molecule has 1 rings (SSSR count). The molecular formula is C7H14F2N2. The molecule has 1 unspecified atom stereocenters. The number of nitrogens with one attached hydrogen (secondary N) is 1. The molecule has 1 N–H and O–H groups in total. The average molecular weight is 164 g/mol. The molecule has 0 radical (unpaired) electrons.